The molecule has 0 fully saturated rings. The molecule has 0 N–H and O–H groups in total. The van der Waals surface area contributed by atoms with Gasteiger partial charge < -0.3 is 18.8 Å². The molecule has 1 heterocycles. The van der Waals surface area contributed by atoms with Gasteiger partial charge in [0.25, 0.3) is 0 Å². The van der Waals surface area contributed by atoms with Crippen LogP contribution >= 0.6 is 0 Å². The fourth-order valence-corrected chi connectivity index (χ4v) is 3.00. The van der Waals surface area contributed by atoms with Gasteiger partial charge in [-0.15, -0.1) is 0 Å². The van der Waals surface area contributed by atoms with E-state index in [0.717, 1.165) is 11.1 Å². The summed E-state index contributed by atoms with van der Waals surface area (Å²) in [6, 6.07) is 11.5. The van der Waals surface area contributed by atoms with Gasteiger partial charge in [0.05, 0.1) is 20.4 Å². The van der Waals surface area contributed by atoms with Crippen LogP contribution in [0.15, 0.2) is 53.1 Å². The van der Waals surface area contributed by atoms with E-state index in [0.29, 0.717) is 36.1 Å². The van der Waals surface area contributed by atoms with Crippen molar-refractivity contribution in [1.29, 1.82) is 0 Å². The second-order valence-corrected chi connectivity index (χ2v) is 6.53. The quantitative estimate of drug-likeness (QED) is 0.572. The molecule has 0 aliphatic heterocycles. The Morgan fingerprint density at radius 2 is 1.90 bits per heavy atom. The third kappa shape index (κ3) is 4.93. The maximum atomic E-state index is 13.0. The van der Waals surface area contributed by atoms with Crippen molar-refractivity contribution in [2.45, 2.75) is 19.4 Å². The first kappa shape index (κ1) is 20.4. The number of aromatic nitrogens is 1. The summed E-state index contributed by atoms with van der Waals surface area (Å²) in [4.78, 5) is 18.4. The van der Waals surface area contributed by atoms with Crippen molar-refractivity contribution in [3.05, 3.63) is 65.9 Å². The van der Waals surface area contributed by atoms with Crippen molar-refractivity contribution < 1.29 is 23.1 Å². The number of carbonyl (C=O) groups excluding carboxylic acids is 1. The molecular weight excluding hydrogens is 375 g/mol. The number of nitrogens with zero attached hydrogens (tertiary/aromatic N) is 2. The minimum absolute atomic E-state index is 0.0450. The first-order valence-electron chi connectivity index (χ1n) is 9.16. The number of benzene rings is 2. The highest BCUT2D eigenvalue weighted by Crippen LogP contribution is 2.31. The Hall–Kier alpha value is -3.35. The van der Waals surface area contributed by atoms with Crippen molar-refractivity contribution >= 4 is 5.91 Å². The van der Waals surface area contributed by atoms with E-state index >= 15 is 0 Å². The van der Waals surface area contributed by atoms with Gasteiger partial charge in [-0.1, -0.05) is 12.1 Å². The molecule has 0 aliphatic rings. The third-order valence-electron chi connectivity index (χ3n) is 4.55. The average molecular weight is 398 g/mol. The molecule has 0 saturated heterocycles. The van der Waals surface area contributed by atoms with Crippen molar-refractivity contribution in [3.8, 4) is 22.8 Å². The van der Waals surface area contributed by atoms with Gasteiger partial charge in [-0.2, -0.15) is 0 Å². The van der Waals surface area contributed by atoms with E-state index in [2.05, 4.69) is 4.98 Å². The lowest BCUT2D eigenvalue weighted by atomic mass is 10.1. The largest absolute Gasteiger partial charge is 0.493 e. The van der Waals surface area contributed by atoms with Gasteiger partial charge in [0.15, 0.2) is 23.1 Å². The average Bonchev–Trinajstić information content (AvgIpc) is 3.21. The first-order valence-corrected chi connectivity index (χ1v) is 9.16. The van der Waals surface area contributed by atoms with Crippen molar-refractivity contribution in [3.63, 3.8) is 0 Å². The second-order valence-electron chi connectivity index (χ2n) is 6.53. The number of ether oxygens (including phenoxy) is 2. The lowest BCUT2D eigenvalue weighted by Gasteiger charge is -2.19. The molecular formula is C22H23FN2O4. The summed E-state index contributed by atoms with van der Waals surface area (Å²) in [6.45, 7) is 0.394. The van der Waals surface area contributed by atoms with E-state index in [1.807, 2.05) is 18.2 Å². The zero-order chi connectivity index (χ0) is 20.8. The molecule has 0 bridgehead atoms. The fraction of sp³-hybridized carbons (Fsp3) is 0.273. The summed E-state index contributed by atoms with van der Waals surface area (Å²) in [5.41, 5.74) is 1.59. The molecule has 152 valence electrons. The number of methoxy groups -OCH3 is 2. The van der Waals surface area contributed by atoms with Crippen LogP contribution in [-0.4, -0.2) is 37.1 Å². The van der Waals surface area contributed by atoms with E-state index in [1.165, 1.54) is 12.1 Å². The van der Waals surface area contributed by atoms with Crippen LogP contribution in [0.1, 0.15) is 17.9 Å². The number of amides is 1. The number of para-hydroxylation sites is 1. The van der Waals surface area contributed by atoms with Gasteiger partial charge in [0, 0.05) is 37.6 Å². The summed E-state index contributed by atoms with van der Waals surface area (Å²) < 4.78 is 29.4. The van der Waals surface area contributed by atoms with Crippen LogP contribution in [-0.2, 0) is 17.8 Å². The maximum absolute atomic E-state index is 13.0. The molecule has 0 atom stereocenters. The van der Waals surface area contributed by atoms with Crippen LogP contribution in [0.5, 0.6) is 11.5 Å². The Morgan fingerprint density at radius 1 is 1.14 bits per heavy atom. The van der Waals surface area contributed by atoms with Crippen molar-refractivity contribution in [1.82, 2.24) is 9.88 Å². The highest BCUT2D eigenvalue weighted by atomic mass is 19.1. The number of hydrogen-bond acceptors (Lipinski definition) is 5. The smallest absolute Gasteiger partial charge is 0.223 e. The van der Waals surface area contributed by atoms with Crippen molar-refractivity contribution in [2.24, 2.45) is 0 Å². The Kier molecular flexibility index (Phi) is 6.49. The lowest BCUT2D eigenvalue weighted by molar-refractivity contribution is -0.130. The van der Waals surface area contributed by atoms with E-state index < -0.39 is 0 Å². The zero-order valence-corrected chi connectivity index (χ0v) is 16.6. The Balaban J connectivity index is 1.59. The molecule has 0 saturated carbocycles. The van der Waals surface area contributed by atoms with E-state index in [-0.39, 0.29) is 18.1 Å². The van der Waals surface area contributed by atoms with Gasteiger partial charge in [-0.25, -0.2) is 9.37 Å². The van der Waals surface area contributed by atoms with Crippen LogP contribution in [0.2, 0.25) is 0 Å². The normalized spacial score (nSPS) is 10.6. The standard InChI is InChI=1S/C22H23FN2O4/c1-25(14-16-5-4-6-18(27-2)22(16)28-3)21(26)12-11-20-24-13-19(29-20)15-7-9-17(23)10-8-15/h4-10,13H,11-12,14H2,1-3H3. The monoisotopic (exact) mass is 398 g/mol. The summed E-state index contributed by atoms with van der Waals surface area (Å²) >= 11 is 0. The fourth-order valence-electron chi connectivity index (χ4n) is 3.00. The predicted molar refractivity (Wildman–Crippen MR) is 106 cm³/mol. The van der Waals surface area contributed by atoms with Gasteiger partial charge in [0.2, 0.25) is 5.91 Å². The molecule has 6 nitrogen and oxygen atoms in total. The molecule has 3 rings (SSSR count). The van der Waals surface area contributed by atoms with E-state index in [9.17, 15) is 9.18 Å². The van der Waals surface area contributed by atoms with Gasteiger partial charge in [-0.05, 0) is 30.3 Å². The summed E-state index contributed by atoms with van der Waals surface area (Å²) in [5, 5.41) is 0. The minimum Gasteiger partial charge on any atom is -0.493 e. The highest BCUT2D eigenvalue weighted by Gasteiger charge is 2.16. The second kappa shape index (κ2) is 9.23. The summed E-state index contributed by atoms with van der Waals surface area (Å²) in [5.74, 6) is 1.89. The van der Waals surface area contributed by atoms with Crippen LogP contribution in [0.3, 0.4) is 0 Å². The van der Waals surface area contributed by atoms with Crippen LogP contribution in [0, 0.1) is 5.82 Å². The molecule has 0 spiro atoms. The van der Waals surface area contributed by atoms with Crippen molar-refractivity contribution in [2.75, 3.05) is 21.3 Å². The maximum Gasteiger partial charge on any atom is 0.223 e. The molecule has 0 aliphatic carbocycles. The summed E-state index contributed by atoms with van der Waals surface area (Å²) in [6.07, 6.45) is 2.21. The van der Waals surface area contributed by atoms with Crippen LogP contribution in [0.4, 0.5) is 4.39 Å². The van der Waals surface area contributed by atoms with Gasteiger partial charge in [-0.3, -0.25) is 4.79 Å². The molecule has 0 radical (unpaired) electrons. The zero-order valence-electron chi connectivity index (χ0n) is 16.6. The predicted octanol–water partition coefficient (Wildman–Crippen LogP) is 4.09. The number of halogens is 1. The molecule has 2 aromatic carbocycles. The molecule has 1 aromatic heterocycles. The number of rotatable bonds is 8. The van der Waals surface area contributed by atoms with Crippen LogP contribution in [0.25, 0.3) is 11.3 Å². The summed E-state index contributed by atoms with van der Waals surface area (Å²) in [7, 11) is 4.89. The minimum atomic E-state index is -0.310. The topological polar surface area (TPSA) is 64.8 Å². The third-order valence-corrected chi connectivity index (χ3v) is 4.55. The van der Waals surface area contributed by atoms with Gasteiger partial charge in [0.1, 0.15) is 5.82 Å². The first-order chi connectivity index (χ1) is 14.0. The molecule has 3 aromatic rings. The van der Waals surface area contributed by atoms with Crippen LogP contribution < -0.4 is 9.47 Å². The van der Waals surface area contributed by atoms with E-state index in [4.69, 9.17) is 13.9 Å². The highest BCUT2D eigenvalue weighted by molar-refractivity contribution is 5.76. The number of oxazole rings is 1. The Labute approximate surface area is 168 Å². The number of carbonyl (C=O) groups is 1. The Bertz CT molecular complexity index is 969. The Morgan fingerprint density at radius 3 is 2.59 bits per heavy atom. The lowest BCUT2D eigenvalue weighted by Crippen LogP contribution is -2.26. The molecule has 7 heteroatoms. The molecule has 1 amide bonds. The van der Waals surface area contributed by atoms with Gasteiger partial charge >= 0.3 is 0 Å². The number of hydrogen-bond donors (Lipinski definition) is 0. The number of aryl methyl sites for hydroxylation is 1. The molecule has 29 heavy (non-hydrogen) atoms. The van der Waals surface area contributed by atoms with E-state index in [1.54, 1.807) is 44.5 Å². The SMILES string of the molecule is COc1cccc(CN(C)C(=O)CCc2ncc(-c3ccc(F)cc3)o2)c1OC. The molecule has 0 unspecified atom stereocenters.